The lowest BCUT2D eigenvalue weighted by molar-refractivity contribution is -0.127. The third kappa shape index (κ3) is 5.31. The summed E-state index contributed by atoms with van der Waals surface area (Å²) in [6.07, 6.45) is 1.55. The van der Waals surface area contributed by atoms with Gasteiger partial charge in [0, 0.05) is 5.69 Å². The first-order valence-electron chi connectivity index (χ1n) is 8.65. The maximum Gasteiger partial charge on any atom is 0.294 e. The third-order valence-electron chi connectivity index (χ3n) is 4.13. The predicted molar refractivity (Wildman–Crippen MR) is 125 cm³/mol. The molecule has 0 aliphatic carbocycles. The summed E-state index contributed by atoms with van der Waals surface area (Å²) in [5.74, 6) is -0.789. The van der Waals surface area contributed by atoms with Gasteiger partial charge in [0.1, 0.15) is 12.4 Å². The Bertz CT molecular complexity index is 1110. The first-order valence-corrected chi connectivity index (χ1v) is 10.9. The van der Waals surface area contributed by atoms with Crippen LogP contribution in [0.4, 0.5) is 14.9 Å². The summed E-state index contributed by atoms with van der Waals surface area (Å²) in [5.41, 5.74) is 0.886. The number of thioether (sulfide) groups is 1. The van der Waals surface area contributed by atoms with Gasteiger partial charge in [-0.25, -0.2) is 4.39 Å². The van der Waals surface area contributed by atoms with Gasteiger partial charge in [0.15, 0.2) is 11.5 Å². The van der Waals surface area contributed by atoms with Crippen molar-refractivity contribution in [3.05, 3.63) is 55.2 Å². The summed E-state index contributed by atoms with van der Waals surface area (Å²) in [4.78, 5) is 38.2. The maximum absolute atomic E-state index is 13.2. The zero-order valence-electron chi connectivity index (χ0n) is 16.2. The zero-order chi connectivity index (χ0) is 22.7. The van der Waals surface area contributed by atoms with E-state index >= 15 is 0 Å². The van der Waals surface area contributed by atoms with Gasteiger partial charge in [0.2, 0.25) is 5.91 Å². The Hall–Kier alpha value is -2.31. The Morgan fingerprint density at radius 2 is 2.00 bits per heavy atom. The highest BCUT2D eigenvalue weighted by atomic mass is 127. The van der Waals surface area contributed by atoms with E-state index < -0.39 is 29.4 Å². The number of nitrogens with zero attached hydrogens (tertiary/aromatic N) is 1. The molecule has 7 nitrogen and oxygen atoms in total. The van der Waals surface area contributed by atoms with Gasteiger partial charge in [0.05, 0.1) is 27.7 Å². The van der Waals surface area contributed by atoms with Crippen molar-refractivity contribution in [3.8, 4) is 11.5 Å². The summed E-state index contributed by atoms with van der Waals surface area (Å²) >= 11 is 8.50. The van der Waals surface area contributed by atoms with Crippen LogP contribution in [-0.4, -0.2) is 42.7 Å². The average Bonchev–Trinajstić information content (AvgIpc) is 2.97. The van der Waals surface area contributed by atoms with Crippen LogP contribution >= 0.6 is 46.0 Å². The fourth-order valence-electron chi connectivity index (χ4n) is 2.73. The minimum Gasteiger partial charge on any atom is -0.493 e. The number of ether oxygens (including phenoxy) is 2. The van der Waals surface area contributed by atoms with Crippen molar-refractivity contribution in [2.45, 2.75) is 0 Å². The Labute approximate surface area is 200 Å². The lowest BCUT2D eigenvalue weighted by atomic mass is 10.2. The minimum absolute atomic E-state index is 0.156. The number of amides is 3. The van der Waals surface area contributed by atoms with Crippen molar-refractivity contribution in [3.63, 3.8) is 0 Å². The molecule has 3 amide bonds. The van der Waals surface area contributed by atoms with Crippen LogP contribution in [0.25, 0.3) is 6.08 Å². The number of methoxy groups -OCH3 is 2. The van der Waals surface area contributed by atoms with Gasteiger partial charge in [-0.05, 0) is 76.3 Å². The third-order valence-corrected chi connectivity index (χ3v) is 6.13. The summed E-state index contributed by atoms with van der Waals surface area (Å²) < 4.78 is 24.6. The largest absolute Gasteiger partial charge is 0.493 e. The molecule has 0 unspecified atom stereocenters. The van der Waals surface area contributed by atoms with Gasteiger partial charge in [-0.15, -0.1) is 0 Å². The fraction of sp³-hybridized carbons (Fsp3) is 0.150. The molecule has 31 heavy (non-hydrogen) atoms. The number of benzene rings is 2. The second-order valence-electron chi connectivity index (χ2n) is 6.18. The van der Waals surface area contributed by atoms with Crippen LogP contribution in [0.3, 0.4) is 0 Å². The fourth-order valence-corrected chi connectivity index (χ4v) is 4.59. The number of carbonyl (C=O) groups is 3. The molecule has 0 saturated carbocycles. The summed E-state index contributed by atoms with van der Waals surface area (Å²) in [7, 11) is 3.02. The standard InChI is InChI=1S/C20H15ClFIN2O5S/c1-29-15-6-10(5-14(23)18(15)30-2)7-16-19(27)25(20(28)31-16)9-17(26)24-11-3-4-13(22)12(21)8-11/h3-8H,9H2,1-2H3,(H,24,26)/b16-7+. The first kappa shape index (κ1) is 23.4. The molecule has 1 saturated heterocycles. The molecule has 3 rings (SSSR count). The zero-order valence-corrected chi connectivity index (χ0v) is 19.9. The molecular weight excluding hydrogens is 562 g/mol. The van der Waals surface area contributed by atoms with Gasteiger partial charge < -0.3 is 14.8 Å². The smallest absolute Gasteiger partial charge is 0.294 e. The van der Waals surface area contributed by atoms with Crippen molar-refractivity contribution in [1.29, 1.82) is 0 Å². The number of hydrogen-bond acceptors (Lipinski definition) is 6. The molecule has 0 atom stereocenters. The second kappa shape index (κ2) is 9.88. The molecule has 162 valence electrons. The molecule has 2 aromatic carbocycles. The van der Waals surface area contributed by atoms with Crippen LogP contribution in [-0.2, 0) is 9.59 Å². The van der Waals surface area contributed by atoms with E-state index in [1.54, 1.807) is 18.2 Å². The van der Waals surface area contributed by atoms with Crippen LogP contribution in [0, 0.1) is 9.39 Å². The SMILES string of the molecule is COc1cc(/C=C2/SC(=O)N(CC(=O)Nc3ccc(F)c(Cl)c3)C2=O)cc(I)c1OC. The Balaban J connectivity index is 1.75. The monoisotopic (exact) mass is 576 g/mol. The lowest BCUT2D eigenvalue weighted by Crippen LogP contribution is -2.36. The molecule has 1 N–H and O–H groups in total. The minimum atomic E-state index is -0.624. The lowest BCUT2D eigenvalue weighted by Gasteiger charge is -2.13. The van der Waals surface area contributed by atoms with Gasteiger partial charge in [-0.3, -0.25) is 19.3 Å². The van der Waals surface area contributed by atoms with Crippen LogP contribution < -0.4 is 14.8 Å². The van der Waals surface area contributed by atoms with E-state index in [2.05, 4.69) is 27.9 Å². The van der Waals surface area contributed by atoms with Gasteiger partial charge in [-0.1, -0.05) is 11.6 Å². The van der Waals surface area contributed by atoms with Crippen molar-refractivity contribution in [1.82, 2.24) is 4.90 Å². The predicted octanol–water partition coefficient (Wildman–Crippen LogP) is 4.78. The highest BCUT2D eigenvalue weighted by Gasteiger charge is 2.36. The average molecular weight is 577 g/mol. The summed E-state index contributed by atoms with van der Waals surface area (Å²) in [5, 5.41) is 1.75. The Kier molecular flexibility index (Phi) is 7.44. The van der Waals surface area contributed by atoms with Crippen LogP contribution in [0.15, 0.2) is 35.2 Å². The molecule has 11 heteroatoms. The number of nitrogens with one attached hydrogen (secondary N) is 1. The van der Waals surface area contributed by atoms with E-state index in [-0.39, 0.29) is 15.6 Å². The second-order valence-corrected chi connectivity index (χ2v) is 8.75. The normalized spacial score (nSPS) is 14.9. The summed E-state index contributed by atoms with van der Waals surface area (Å²) in [6, 6.07) is 7.12. The highest BCUT2D eigenvalue weighted by Crippen LogP contribution is 2.37. The van der Waals surface area contributed by atoms with Crippen LogP contribution in [0.5, 0.6) is 11.5 Å². The number of rotatable bonds is 6. The molecule has 0 spiro atoms. The van der Waals surface area contributed by atoms with Crippen molar-refractivity contribution < 1.29 is 28.2 Å². The van der Waals surface area contributed by atoms with Crippen molar-refractivity contribution >= 4 is 74.8 Å². The molecule has 0 radical (unpaired) electrons. The molecule has 1 heterocycles. The molecule has 1 fully saturated rings. The first-order chi connectivity index (χ1) is 14.7. The maximum atomic E-state index is 13.2. The van der Waals surface area contributed by atoms with E-state index in [1.807, 2.05) is 0 Å². The number of carbonyl (C=O) groups excluding carboxylic acids is 3. The van der Waals surface area contributed by atoms with Gasteiger partial charge in [-0.2, -0.15) is 0 Å². The number of anilines is 1. The number of halogens is 3. The quantitative estimate of drug-likeness (QED) is 0.394. The van der Waals surface area contributed by atoms with E-state index in [0.717, 1.165) is 26.3 Å². The Morgan fingerprint density at radius 1 is 1.26 bits per heavy atom. The van der Waals surface area contributed by atoms with Crippen molar-refractivity contribution in [2.75, 3.05) is 26.1 Å². The van der Waals surface area contributed by atoms with Crippen LogP contribution in [0.1, 0.15) is 5.56 Å². The molecule has 0 aromatic heterocycles. The van der Waals surface area contributed by atoms with Gasteiger partial charge in [0.25, 0.3) is 11.1 Å². The van der Waals surface area contributed by atoms with E-state index in [9.17, 15) is 18.8 Å². The van der Waals surface area contributed by atoms with Crippen LogP contribution in [0.2, 0.25) is 5.02 Å². The summed E-state index contributed by atoms with van der Waals surface area (Å²) in [6.45, 7) is -0.486. The molecule has 1 aliphatic heterocycles. The molecule has 0 bridgehead atoms. The van der Waals surface area contributed by atoms with E-state index in [0.29, 0.717) is 17.1 Å². The van der Waals surface area contributed by atoms with E-state index in [1.165, 1.54) is 26.4 Å². The Morgan fingerprint density at radius 3 is 2.65 bits per heavy atom. The number of imide groups is 1. The van der Waals surface area contributed by atoms with Gasteiger partial charge >= 0.3 is 0 Å². The molecular formula is C20H15ClFIN2O5S. The van der Waals surface area contributed by atoms with Crippen molar-refractivity contribution in [2.24, 2.45) is 0 Å². The topological polar surface area (TPSA) is 84.9 Å². The number of hydrogen-bond donors (Lipinski definition) is 1. The molecule has 1 aliphatic rings. The van der Waals surface area contributed by atoms with E-state index in [4.69, 9.17) is 21.1 Å². The molecule has 2 aromatic rings. The highest BCUT2D eigenvalue weighted by molar-refractivity contribution is 14.1.